The molecule has 0 saturated carbocycles. The zero-order valence-corrected chi connectivity index (χ0v) is 14.6. The summed E-state index contributed by atoms with van der Waals surface area (Å²) in [6.07, 6.45) is 1.00. The minimum absolute atomic E-state index is 0.700. The number of aromatic nitrogens is 5. The number of hydrogen-bond donors (Lipinski definition) is 1. The Bertz CT molecular complexity index is 1010. The molecule has 0 fully saturated rings. The van der Waals surface area contributed by atoms with Crippen molar-refractivity contribution >= 4 is 27.8 Å². The maximum Gasteiger partial charge on any atom is 0.243 e. The summed E-state index contributed by atoms with van der Waals surface area (Å²) >= 11 is 0. The lowest BCUT2D eigenvalue weighted by atomic mass is 10.1. The van der Waals surface area contributed by atoms with Crippen LogP contribution in [-0.4, -0.2) is 24.8 Å². The van der Waals surface area contributed by atoms with Crippen LogP contribution in [0.5, 0.6) is 0 Å². The molecule has 6 nitrogen and oxygen atoms in total. The normalized spacial score (nSPS) is 11.4. The summed E-state index contributed by atoms with van der Waals surface area (Å²) in [5.41, 5.74) is 3.79. The van der Waals surface area contributed by atoms with Gasteiger partial charge in [0.25, 0.3) is 0 Å². The Hall–Kier alpha value is -2.89. The highest BCUT2D eigenvalue weighted by Gasteiger charge is 2.10. The molecular formula is C19H22N6. The van der Waals surface area contributed by atoms with Crippen LogP contribution < -0.4 is 5.32 Å². The molecule has 0 aliphatic rings. The van der Waals surface area contributed by atoms with Gasteiger partial charge in [-0.15, -0.1) is 0 Å². The maximum atomic E-state index is 4.07. The highest BCUT2D eigenvalue weighted by molar-refractivity contribution is 6.08. The molecule has 0 saturated heterocycles. The molecule has 0 spiro atoms. The molecule has 2 heterocycles. The number of rotatable bonds is 6. The van der Waals surface area contributed by atoms with Crippen LogP contribution in [0.2, 0.25) is 0 Å². The number of fused-ring (bicyclic) bond motifs is 3. The Balaban J connectivity index is 1.67. The number of nitrogens with one attached hydrogen (secondary N) is 1. The lowest BCUT2D eigenvalue weighted by molar-refractivity contribution is 0.582. The summed E-state index contributed by atoms with van der Waals surface area (Å²) < 4.78 is 4.17. The molecule has 2 aromatic heterocycles. The van der Waals surface area contributed by atoms with Crippen LogP contribution in [0.3, 0.4) is 0 Å². The monoisotopic (exact) mass is 334 g/mol. The van der Waals surface area contributed by atoms with Crippen molar-refractivity contribution in [1.82, 2.24) is 24.8 Å². The Morgan fingerprint density at radius 1 is 1.00 bits per heavy atom. The van der Waals surface area contributed by atoms with Crippen LogP contribution in [0.4, 0.5) is 5.95 Å². The zero-order chi connectivity index (χ0) is 17.2. The molecule has 2 aromatic carbocycles. The van der Waals surface area contributed by atoms with Gasteiger partial charge in [0.2, 0.25) is 5.95 Å². The molecule has 0 atom stereocenters. The van der Waals surface area contributed by atoms with E-state index in [0.29, 0.717) is 6.54 Å². The first-order valence-corrected chi connectivity index (χ1v) is 8.81. The van der Waals surface area contributed by atoms with Gasteiger partial charge in [-0.1, -0.05) is 36.3 Å². The Kier molecular flexibility index (Phi) is 4.09. The van der Waals surface area contributed by atoms with Crippen molar-refractivity contribution in [2.45, 2.75) is 39.9 Å². The summed E-state index contributed by atoms with van der Waals surface area (Å²) in [5.74, 6) is 0.720. The number of benzene rings is 2. The summed E-state index contributed by atoms with van der Waals surface area (Å²) in [5, 5.41) is 17.8. The fourth-order valence-corrected chi connectivity index (χ4v) is 3.43. The van der Waals surface area contributed by atoms with E-state index in [1.54, 1.807) is 0 Å². The van der Waals surface area contributed by atoms with Gasteiger partial charge in [0.1, 0.15) is 0 Å². The van der Waals surface area contributed by atoms with E-state index in [-0.39, 0.29) is 0 Å². The third kappa shape index (κ3) is 2.73. The van der Waals surface area contributed by atoms with Crippen LogP contribution in [-0.2, 0) is 19.6 Å². The minimum Gasteiger partial charge on any atom is -0.349 e. The van der Waals surface area contributed by atoms with E-state index in [1.807, 2.05) is 4.68 Å². The molecule has 0 unspecified atom stereocenters. The van der Waals surface area contributed by atoms with Crippen LogP contribution in [0, 0.1) is 0 Å². The second-order valence-electron chi connectivity index (χ2n) is 6.19. The van der Waals surface area contributed by atoms with Gasteiger partial charge in [0.15, 0.2) is 0 Å². The summed E-state index contributed by atoms with van der Waals surface area (Å²) in [4.78, 5) is 0. The largest absolute Gasteiger partial charge is 0.349 e. The van der Waals surface area contributed by atoms with Crippen LogP contribution in [0.15, 0.2) is 42.5 Å². The van der Waals surface area contributed by atoms with E-state index in [0.717, 1.165) is 25.5 Å². The van der Waals surface area contributed by atoms with Crippen molar-refractivity contribution in [1.29, 1.82) is 0 Å². The molecule has 0 aliphatic heterocycles. The van der Waals surface area contributed by atoms with Gasteiger partial charge < -0.3 is 9.88 Å². The van der Waals surface area contributed by atoms with Crippen molar-refractivity contribution in [2.75, 3.05) is 5.32 Å². The van der Waals surface area contributed by atoms with Crippen LogP contribution in [0.25, 0.3) is 21.8 Å². The Morgan fingerprint density at radius 2 is 1.84 bits per heavy atom. The summed E-state index contributed by atoms with van der Waals surface area (Å²) in [7, 11) is 0. The second-order valence-corrected chi connectivity index (χ2v) is 6.19. The first kappa shape index (κ1) is 15.6. The quantitative estimate of drug-likeness (QED) is 0.582. The minimum atomic E-state index is 0.700. The van der Waals surface area contributed by atoms with Gasteiger partial charge in [0, 0.05) is 41.4 Å². The van der Waals surface area contributed by atoms with Gasteiger partial charge in [-0.3, -0.25) is 0 Å². The first-order valence-electron chi connectivity index (χ1n) is 8.81. The highest BCUT2D eigenvalue weighted by Crippen LogP contribution is 2.29. The predicted octanol–water partition coefficient (Wildman–Crippen LogP) is 3.82. The van der Waals surface area contributed by atoms with E-state index in [9.17, 15) is 0 Å². The van der Waals surface area contributed by atoms with Crippen LogP contribution in [0.1, 0.15) is 25.8 Å². The average molecular weight is 334 g/mol. The number of nitrogens with zero attached hydrogens (tertiary/aromatic N) is 5. The van der Waals surface area contributed by atoms with E-state index < -0.39 is 0 Å². The van der Waals surface area contributed by atoms with E-state index in [2.05, 4.69) is 81.7 Å². The van der Waals surface area contributed by atoms with Crippen molar-refractivity contribution in [3.8, 4) is 0 Å². The van der Waals surface area contributed by atoms with Crippen molar-refractivity contribution < 1.29 is 0 Å². The Morgan fingerprint density at radius 3 is 2.68 bits per heavy atom. The molecule has 0 radical (unpaired) electrons. The molecule has 25 heavy (non-hydrogen) atoms. The highest BCUT2D eigenvalue weighted by atomic mass is 15.6. The summed E-state index contributed by atoms with van der Waals surface area (Å²) in [6, 6.07) is 15.2. The van der Waals surface area contributed by atoms with Crippen molar-refractivity contribution in [2.24, 2.45) is 0 Å². The Labute approximate surface area is 146 Å². The predicted molar refractivity (Wildman–Crippen MR) is 101 cm³/mol. The van der Waals surface area contributed by atoms with Gasteiger partial charge >= 0.3 is 0 Å². The van der Waals surface area contributed by atoms with E-state index >= 15 is 0 Å². The van der Waals surface area contributed by atoms with Crippen molar-refractivity contribution in [3.63, 3.8) is 0 Å². The third-order valence-corrected chi connectivity index (χ3v) is 4.57. The number of hydrogen-bond acceptors (Lipinski definition) is 4. The lowest BCUT2D eigenvalue weighted by Gasteiger charge is -2.07. The second kappa shape index (κ2) is 6.55. The third-order valence-electron chi connectivity index (χ3n) is 4.57. The molecule has 128 valence electrons. The lowest BCUT2D eigenvalue weighted by Crippen LogP contribution is -2.08. The molecule has 1 N–H and O–H groups in total. The standard InChI is InChI=1S/C19H22N6/c1-3-11-25-19(21-22-23-25)20-13-14-9-10-18-16(12-14)15-7-5-6-8-17(15)24(18)4-2/h5-10,12H,3-4,11,13H2,1-2H3,(H,20,21,23). The molecular weight excluding hydrogens is 312 g/mol. The van der Waals surface area contributed by atoms with E-state index in [4.69, 9.17) is 0 Å². The van der Waals surface area contributed by atoms with Crippen molar-refractivity contribution in [3.05, 3.63) is 48.0 Å². The average Bonchev–Trinajstić information content (AvgIpc) is 3.22. The fourth-order valence-electron chi connectivity index (χ4n) is 3.43. The SMILES string of the molecule is CCCn1nnnc1NCc1ccc2c(c1)c1ccccc1n2CC. The van der Waals surface area contributed by atoms with Crippen LogP contribution >= 0.6 is 0 Å². The molecule has 4 aromatic rings. The smallest absolute Gasteiger partial charge is 0.243 e. The number of para-hydroxylation sites is 1. The molecule has 0 aliphatic carbocycles. The topological polar surface area (TPSA) is 60.6 Å². The van der Waals surface area contributed by atoms with Gasteiger partial charge in [-0.25, -0.2) is 4.68 Å². The molecule has 0 amide bonds. The number of tetrazole rings is 1. The number of aryl methyl sites for hydroxylation is 2. The molecule has 6 heteroatoms. The maximum absolute atomic E-state index is 4.07. The van der Waals surface area contributed by atoms with E-state index in [1.165, 1.54) is 27.4 Å². The first-order chi connectivity index (χ1) is 12.3. The van der Waals surface area contributed by atoms with Gasteiger partial charge in [-0.2, -0.15) is 0 Å². The fraction of sp³-hybridized carbons (Fsp3) is 0.316. The van der Waals surface area contributed by atoms with Gasteiger partial charge in [-0.05, 0) is 47.5 Å². The van der Waals surface area contributed by atoms with Gasteiger partial charge in [0.05, 0.1) is 0 Å². The number of anilines is 1. The molecule has 0 bridgehead atoms. The molecule has 4 rings (SSSR count). The summed E-state index contributed by atoms with van der Waals surface area (Å²) in [6.45, 7) is 6.79. The zero-order valence-electron chi connectivity index (χ0n) is 14.6.